The molecule has 0 aromatic heterocycles. The molecule has 0 saturated heterocycles. The Kier molecular flexibility index (Phi) is 7.79. The number of hydrogen-bond acceptors (Lipinski definition) is 5. The number of rotatable bonds is 7. The van der Waals surface area contributed by atoms with Crippen molar-refractivity contribution in [3.63, 3.8) is 0 Å². The molecule has 1 aliphatic heterocycles. The lowest BCUT2D eigenvalue weighted by Crippen LogP contribution is -2.40. The molecule has 0 saturated carbocycles. The van der Waals surface area contributed by atoms with E-state index in [0.29, 0.717) is 28.0 Å². The zero-order valence-corrected chi connectivity index (χ0v) is 19.5. The molecule has 0 aliphatic carbocycles. The van der Waals surface area contributed by atoms with Crippen LogP contribution in [0, 0.1) is 0 Å². The van der Waals surface area contributed by atoms with Crippen LogP contribution in [-0.4, -0.2) is 45.5 Å². The topological polar surface area (TPSA) is 75.7 Å². The molecule has 6 nitrogen and oxygen atoms in total. The molecule has 0 radical (unpaired) electrons. The minimum atomic E-state index is -3.53. The van der Waals surface area contributed by atoms with Gasteiger partial charge in [0.05, 0.1) is 11.9 Å². The maximum atomic E-state index is 12.6. The molecule has 1 N–H and O–H groups in total. The number of nitrogens with zero attached hydrogens (tertiary/aromatic N) is 1. The summed E-state index contributed by atoms with van der Waals surface area (Å²) >= 11 is 13.7. The average Bonchev–Trinajstić information content (AvgIpc) is 2.87. The van der Waals surface area contributed by atoms with Gasteiger partial charge in [-0.2, -0.15) is 11.8 Å². The highest BCUT2D eigenvalue weighted by molar-refractivity contribution is 7.98. The zero-order valence-electron chi connectivity index (χ0n) is 16.3. The van der Waals surface area contributed by atoms with Crippen LogP contribution in [0.25, 0.3) is 0 Å². The van der Waals surface area contributed by atoms with Gasteiger partial charge in [0.1, 0.15) is 5.75 Å². The molecule has 1 unspecified atom stereocenters. The van der Waals surface area contributed by atoms with Crippen LogP contribution in [0.2, 0.25) is 10.0 Å². The fraction of sp³-hybridized carbons (Fsp3) is 0.350. The maximum Gasteiger partial charge on any atom is 0.261 e. The van der Waals surface area contributed by atoms with Gasteiger partial charge in [0.25, 0.3) is 5.91 Å². The van der Waals surface area contributed by atoms with Crippen molar-refractivity contribution in [1.82, 2.24) is 5.32 Å². The molecule has 162 valence electrons. The molecular formula is C20H22Cl2N2O4S2. The first-order chi connectivity index (χ1) is 14.2. The van der Waals surface area contributed by atoms with Crippen molar-refractivity contribution in [3.8, 4) is 5.75 Å². The number of carbonyl (C=O) groups is 1. The standard InChI is InChI=1S/C20H22Cl2N2O4S2/c1-30(26,27)24-9-7-19(28-18-6-5-16(22)12-17(18)24)20(25)23-8-10-29-13-14-3-2-4-15(21)11-14/h2-6,11-12,19H,7-10,13H2,1H3,(H,23,25). The van der Waals surface area contributed by atoms with Crippen LogP contribution < -0.4 is 14.4 Å². The fourth-order valence-electron chi connectivity index (χ4n) is 3.06. The predicted molar refractivity (Wildman–Crippen MR) is 123 cm³/mol. The minimum Gasteiger partial charge on any atom is -0.478 e. The number of thioether (sulfide) groups is 1. The molecule has 3 rings (SSSR count). The number of fused-ring (bicyclic) bond motifs is 1. The minimum absolute atomic E-state index is 0.133. The number of hydrogen-bond donors (Lipinski definition) is 1. The summed E-state index contributed by atoms with van der Waals surface area (Å²) in [5.74, 6) is 1.58. The predicted octanol–water partition coefficient (Wildman–Crippen LogP) is 3.96. The Hall–Kier alpha value is -1.61. The summed E-state index contributed by atoms with van der Waals surface area (Å²) in [5.41, 5.74) is 1.47. The van der Waals surface area contributed by atoms with Crippen molar-refractivity contribution in [2.45, 2.75) is 18.3 Å². The Labute approximate surface area is 190 Å². The normalized spacial score (nSPS) is 16.4. The molecule has 30 heavy (non-hydrogen) atoms. The largest absolute Gasteiger partial charge is 0.478 e. The maximum absolute atomic E-state index is 12.6. The van der Waals surface area contributed by atoms with Gasteiger partial charge in [-0.25, -0.2) is 8.42 Å². The average molecular weight is 489 g/mol. The third-order valence-electron chi connectivity index (χ3n) is 4.45. The third-order valence-corrected chi connectivity index (χ3v) is 7.13. The van der Waals surface area contributed by atoms with Crippen LogP contribution in [0.5, 0.6) is 5.75 Å². The Bertz CT molecular complexity index is 1020. The summed E-state index contributed by atoms with van der Waals surface area (Å²) in [6.07, 6.45) is 0.574. The van der Waals surface area contributed by atoms with Gasteiger partial charge in [0.15, 0.2) is 6.10 Å². The molecule has 0 fully saturated rings. The van der Waals surface area contributed by atoms with E-state index in [1.54, 1.807) is 23.9 Å². The summed E-state index contributed by atoms with van der Waals surface area (Å²) < 4.78 is 31.4. The molecule has 0 bridgehead atoms. The van der Waals surface area contributed by atoms with Crippen LogP contribution in [0.3, 0.4) is 0 Å². The number of sulfonamides is 1. The number of amides is 1. The smallest absolute Gasteiger partial charge is 0.261 e. The first-order valence-electron chi connectivity index (χ1n) is 9.28. The summed E-state index contributed by atoms with van der Waals surface area (Å²) in [6.45, 7) is 0.612. The molecule has 0 spiro atoms. The number of carbonyl (C=O) groups excluding carboxylic acids is 1. The number of ether oxygens (including phenoxy) is 1. The number of benzene rings is 2. The summed E-state index contributed by atoms with van der Waals surface area (Å²) in [6, 6.07) is 12.4. The number of anilines is 1. The van der Waals surface area contributed by atoms with Gasteiger partial charge in [0.2, 0.25) is 10.0 Å². The SMILES string of the molecule is CS(=O)(=O)N1CCC(C(=O)NCCSCc2cccc(Cl)c2)Oc2ccc(Cl)cc21. The zero-order chi connectivity index (χ0) is 21.7. The van der Waals surface area contributed by atoms with Crippen molar-refractivity contribution in [2.75, 3.05) is 29.4 Å². The first-order valence-corrected chi connectivity index (χ1v) is 13.0. The van der Waals surface area contributed by atoms with Gasteiger partial charge < -0.3 is 10.1 Å². The van der Waals surface area contributed by atoms with Crippen LogP contribution in [0.15, 0.2) is 42.5 Å². The van der Waals surface area contributed by atoms with E-state index in [0.717, 1.165) is 23.3 Å². The molecule has 10 heteroatoms. The number of nitrogens with one attached hydrogen (secondary N) is 1. The van der Waals surface area contributed by atoms with Crippen LogP contribution >= 0.6 is 35.0 Å². The van der Waals surface area contributed by atoms with Gasteiger partial charge in [-0.3, -0.25) is 9.10 Å². The highest BCUT2D eigenvalue weighted by atomic mass is 35.5. The van der Waals surface area contributed by atoms with Gasteiger partial charge in [-0.05, 0) is 35.9 Å². The first kappa shape index (κ1) is 23.1. The molecule has 2 aromatic carbocycles. The lowest BCUT2D eigenvalue weighted by atomic mass is 10.2. The molecule has 2 aromatic rings. The van der Waals surface area contributed by atoms with Crippen molar-refractivity contribution in [2.24, 2.45) is 0 Å². The van der Waals surface area contributed by atoms with E-state index < -0.39 is 16.1 Å². The van der Waals surface area contributed by atoms with E-state index in [9.17, 15) is 13.2 Å². The van der Waals surface area contributed by atoms with Gasteiger partial charge in [-0.15, -0.1) is 0 Å². The second kappa shape index (κ2) is 10.1. The van der Waals surface area contributed by atoms with Crippen molar-refractivity contribution < 1.29 is 17.9 Å². The number of halogens is 2. The van der Waals surface area contributed by atoms with E-state index in [1.165, 1.54) is 10.4 Å². The monoisotopic (exact) mass is 488 g/mol. The van der Waals surface area contributed by atoms with E-state index in [2.05, 4.69) is 5.32 Å². The molecule has 1 atom stereocenters. The lowest BCUT2D eigenvalue weighted by molar-refractivity contribution is -0.127. The Morgan fingerprint density at radius 2 is 2.00 bits per heavy atom. The van der Waals surface area contributed by atoms with Crippen LogP contribution in [0.4, 0.5) is 5.69 Å². The third kappa shape index (κ3) is 6.20. The van der Waals surface area contributed by atoms with E-state index in [4.69, 9.17) is 27.9 Å². The summed E-state index contributed by atoms with van der Waals surface area (Å²) in [7, 11) is -3.53. The van der Waals surface area contributed by atoms with Gasteiger partial charge >= 0.3 is 0 Å². The van der Waals surface area contributed by atoms with Crippen LogP contribution in [0.1, 0.15) is 12.0 Å². The van der Waals surface area contributed by atoms with Gasteiger partial charge in [0, 0.05) is 41.1 Å². The quantitative estimate of drug-likeness (QED) is 0.596. The van der Waals surface area contributed by atoms with E-state index in [-0.39, 0.29) is 18.9 Å². The van der Waals surface area contributed by atoms with Crippen LogP contribution in [-0.2, 0) is 20.6 Å². The summed E-state index contributed by atoms with van der Waals surface area (Å²) in [4.78, 5) is 12.6. The van der Waals surface area contributed by atoms with Crippen molar-refractivity contribution in [1.29, 1.82) is 0 Å². The Morgan fingerprint density at radius 1 is 1.23 bits per heavy atom. The fourth-order valence-corrected chi connectivity index (χ4v) is 5.18. The highest BCUT2D eigenvalue weighted by Gasteiger charge is 2.31. The second-order valence-electron chi connectivity index (χ2n) is 6.82. The molecule has 1 amide bonds. The molecule has 1 heterocycles. The lowest BCUT2D eigenvalue weighted by Gasteiger charge is -2.21. The Balaban J connectivity index is 1.56. The van der Waals surface area contributed by atoms with Crippen molar-refractivity contribution >= 4 is 56.6 Å². The molecule has 1 aliphatic rings. The van der Waals surface area contributed by atoms with Gasteiger partial charge in [-0.1, -0.05) is 35.3 Å². The highest BCUT2D eigenvalue weighted by Crippen LogP contribution is 2.36. The Morgan fingerprint density at radius 3 is 2.73 bits per heavy atom. The second-order valence-corrected chi connectivity index (χ2v) is 10.7. The van der Waals surface area contributed by atoms with E-state index in [1.807, 2.05) is 24.3 Å². The van der Waals surface area contributed by atoms with Crippen molar-refractivity contribution in [3.05, 3.63) is 58.1 Å². The van der Waals surface area contributed by atoms with E-state index >= 15 is 0 Å². The molecular weight excluding hydrogens is 467 g/mol. The summed E-state index contributed by atoms with van der Waals surface area (Å²) in [5, 5.41) is 3.97.